The zero-order valence-electron chi connectivity index (χ0n) is 31.6. The maximum Gasteiger partial charge on any atom is 0.0159 e. The van der Waals surface area contributed by atoms with Crippen LogP contribution in [0.5, 0.6) is 0 Å². The Balaban J connectivity index is 1.15. The number of rotatable bonds is 4. The van der Waals surface area contributed by atoms with Crippen LogP contribution in [0.25, 0.3) is 76.5 Å². The lowest BCUT2D eigenvalue weighted by molar-refractivity contribution is 0.584. The molecule has 0 amide bonds. The van der Waals surface area contributed by atoms with E-state index in [4.69, 9.17) is 0 Å². The molecule has 8 aromatic carbocycles. The van der Waals surface area contributed by atoms with E-state index in [1.54, 1.807) is 0 Å². The summed E-state index contributed by atoms with van der Waals surface area (Å²) in [7, 11) is 0. The molecule has 0 fully saturated rings. The van der Waals surface area contributed by atoms with Gasteiger partial charge in [0.25, 0.3) is 0 Å². The average Bonchev–Trinajstić information content (AvgIpc) is 3.34. The minimum Gasteiger partial charge on any atom is -0.0587 e. The monoisotopic (exact) mass is 660 g/mol. The van der Waals surface area contributed by atoms with Gasteiger partial charge in [0.15, 0.2) is 0 Å². The fraction of sp³-hybridized carbons (Fsp3) is 0.255. The van der Waals surface area contributed by atoms with Crippen molar-refractivity contribution in [1.29, 1.82) is 0 Å². The van der Waals surface area contributed by atoms with Crippen molar-refractivity contribution in [2.45, 2.75) is 85.0 Å². The predicted octanol–water partition coefficient (Wildman–Crippen LogP) is 14.9. The van der Waals surface area contributed by atoms with Gasteiger partial charge in [0.1, 0.15) is 0 Å². The lowest BCUT2D eigenvalue weighted by Gasteiger charge is -2.25. The Bertz CT molecular complexity index is 2690. The Morgan fingerprint density at radius 1 is 0.431 bits per heavy atom. The SMILES string of the molecule is CC(C)c1ccc2ccc3c(C(C)C)cc(-c4ccc5cc(-c6ccc7c(c6)C(C)(C)c6cc(C(C)(C)C)ccc6-7)ccc5c4)c4ccc1c2c43. The van der Waals surface area contributed by atoms with E-state index in [1.165, 1.54) is 104 Å². The Morgan fingerprint density at radius 2 is 0.961 bits per heavy atom. The highest BCUT2D eigenvalue weighted by atomic mass is 14.4. The summed E-state index contributed by atoms with van der Waals surface area (Å²) < 4.78 is 0. The van der Waals surface area contributed by atoms with Gasteiger partial charge < -0.3 is 0 Å². The minimum absolute atomic E-state index is 0.0421. The van der Waals surface area contributed by atoms with Crippen LogP contribution in [0, 0.1) is 0 Å². The van der Waals surface area contributed by atoms with Gasteiger partial charge in [-0.2, -0.15) is 0 Å². The van der Waals surface area contributed by atoms with Crippen molar-refractivity contribution in [3.05, 3.63) is 143 Å². The average molecular weight is 661 g/mol. The molecular weight excluding hydrogens is 613 g/mol. The standard InChI is InChI=1S/C51H48/c1-29(2)38-18-14-31-15-20-42-44(30(3)4)28-45(43-23-22-41(38)48(31)49(42)43)36-13-12-32-24-33(10-11-34(32)25-36)35-16-19-39-40-21-17-37(50(5,6)7)27-47(40)51(8,9)46(39)26-35/h10-30H,1-9H3. The summed E-state index contributed by atoms with van der Waals surface area (Å²) in [5.41, 5.74) is 15.1. The molecule has 51 heavy (non-hydrogen) atoms. The predicted molar refractivity (Wildman–Crippen MR) is 223 cm³/mol. The first-order valence-corrected chi connectivity index (χ1v) is 18.9. The van der Waals surface area contributed by atoms with Gasteiger partial charge in [-0.15, -0.1) is 0 Å². The van der Waals surface area contributed by atoms with Crippen molar-refractivity contribution in [3.8, 4) is 33.4 Å². The maximum atomic E-state index is 2.47. The van der Waals surface area contributed by atoms with Crippen LogP contribution in [-0.4, -0.2) is 0 Å². The third-order valence-corrected chi connectivity index (χ3v) is 12.1. The highest BCUT2D eigenvalue weighted by Gasteiger charge is 2.36. The van der Waals surface area contributed by atoms with Crippen LogP contribution in [0.1, 0.15) is 102 Å². The van der Waals surface area contributed by atoms with Gasteiger partial charge in [0.05, 0.1) is 0 Å². The van der Waals surface area contributed by atoms with E-state index in [1.807, 2.05) is 0 Å². The molecule has 0 N–H and O–H groups in total. The maximum absolute atomic E-state index is 2.47. The highest BCUT2D eigenvalue weighted by Crippen LogP contribution is 2.51. The minimum atomic E-state index is -0.0421. The van der Waals surface area contributed by atoms with Crippen LogP contribution in [0.15, 0.2) is 115 Å². The molecule has 0 heteroatoms. The van der Waals surface area contributed by atoms with E-state index in [0.29, 0.717) is 11.8 Å². The third-order valence-electron chi connectivity index (χ3n) is 12.1. The van der Waals surface area contributed by atoms with Crippen LogP contribution in [-0.2, 0) is 10.8 Å². The van der Waals surface area contributed by atoms with E-state index in [-0.39, 0.29) is 10.8 Å². The van der Waals surface area contributed by atoms with Crippen molar-refractivity contribution in [1.82, 2.24) is 0 Å². The molecule has 0 nitrogen and oxygen atoms in total. The summed E-state index contributed by atoms with van der Waals surface area (Å²) >= 11 is 0. The Hall–Kier alpha value is -4.94. The summed E-state index contributed by atoms with van der Waals surface area (Å²) in [4.78, 5) is 0. The topological polar surface area (TPSA) is 0 Å². The fourth-order valence-corrected chi connectivity index (χ4v) is 9.14. The van der Waals surface area contributed by atoms with E-state index >= 15 is 0 Å². The summed E-state index contributed by atoms with van der Waals surface area (Å²) in [5, 5.41) is 10.9. The van der Waals surface area contributed by atoms with Crippen LogP contribution in [0.3, 0.4) is 0 Å². The van der Waals surface area contributed by atoms with Gasteiger partial charge >= 0.3 is 0 Å². The highest BCUT2D eigenvalue weighted by molar-refractivity contribution is 6.27. The zero-order valence-corrected chi connectivity index (χ0v) is 31.6. The van der Waals surface area contributed by atoms with E-state index in [2.05, 4.69) is 178 Å². The molecule has 0 aliphatic heterocycles. The molecule has 252 valence electrons. The van der Waals surface area contributed by atoms with E-state index in [9.17, 15) is 0 Å². The molecule has 1 aliphatic rings. The second kappa shape index (κ2) is 11.0. The number of hydrogen-bond donors (Lipinski definition) is 0. The van der Waals surface area contributed by atoms with Gasteiger partial charge in [0.2, 0.25) is 0 Å². The second-order valence-corrected chi connectivity index (χ2v) is 17.4. The number of fused-ring (bicyclic) bond motifs is 4. The molecule has 9 rings (SSSR count). The van der Waals surface area contributed by atoms with Gasteiger partial charge in [-0.25, -0.2) is 0 Å². The van der Waals surface area contributed by atoms with E-state index in [0.717, 1.165) is 0 Å². The first kappa shape index (κ1) is 32.0. The zero-order chi connectivity index (χ0) is 35.6. The Morgan fingerprint density at radius 3 is 1.67 bits per heavy atom. The van der Waals surface area contributed by atoms with E-state index < -0.39 is 0 Å². The Kier molecular flexibility index (Phi) is 6.92. The molecule has 0 radical (unpaired) electrons. The molecular formula is C51H48. The largest absolute Gasteiger partial charge is 0.0587 e. The number of benzene rings is 8. The smallest absolute Gasteiger partial charge is 0.0159 e. The van der Waals surface area contributed by atoms with Gasteiger partial charge in [-0.05, 0) is 146 Å². The first-order chi connectivity index (χ1) is 24.3. The molecule has 0 heterocycles. The van der Waals surface area contributed by atoms with Crippen molar-refractivity contribution in [2.75, 3.05) is 0 Å². The molecule has 0 unspecified atom stereocenters. The molecule has 0 aromatic heterocycles. The summed E-state index contributed by atoms with van der Waals surface area (Å²) in [6, 6.07) is 45.0. The van der Waals surface area contributed by atoms with Crippen LogP contribution in [0.2, 0.25) is 0 Å². The number of hydrogen-bond acceptors (Lipinski definition) is 0. The first-order valence-electron chi connectivity index (χ1n) is 18.9. The van der Waals surface area contributed by atoms with Crippen LogP contribution >= 0.6 is 0 Å². The van der Waals surface area contributed by atoms with Gasteiger partial charge in [0, 0.05) is 5.41 Å². The molecule has 0 bridgehead atoms. The normalized spacial score (nSPS) is 14.1. The second-order valence-electron chi connectivity index (χ2n) is 17.4. The molecule has 1 aliphatic carbocycles. The van der Waals surface area contributed by atoms with Crippen LogP contribution in [0.4, 0.5) is 0 Å². The molecule has 0 saturated carbocycles. The van der Waals surface area contributed by atoms with Crippen molar-refractivity contribution in [2.24, 2.45) is 0 Å². The lowest BCUT2D eigenvalue weighted by atomic mass is 9.78. The fourth-order valence-electron chi connectivity index (χ4n) is 9.14. The van der Waals surface area contributed by atoms with Crippen molar-refractivity contribution in [3.63, 3.8) is 0 Å². The summed E-state index contributed by atoms with van der Waals surface area (Å²) in [6.45, 7) is 21.0. The van der Waals surface area contributed by atoms with Crippen LogP contribution < -0.4 is 0 Å². The summed E-state index contributed by atoms with van der Waals surface area (Å²) in [5.74, 6) is 0.900. The lowest BCUT2D eigenvalue weighted by Crippen LogP contribution is -2.17. The molecule has 0 spiro atoms. The molecule has 8 aromatic rings. The summed E-state index contributed by atoms with van der Waals surface area (Å²) in [6.07, 6.45) is 0. The molecule has 0 saturated heterocycles. The third kappa shape index (κ3) is 4.79. The molecule has 0 atom stereocenters. The van der Waals surface area contributed by atoms with Gasteiger partial charge in [-0.1, -0.05) is 153 Å². The van der Waals surface area contributed by atoms with Gasteiger partial charge in [-0.3, -0.25) is 0 Å². The Labute approximate surface area is 303 Å². The van der Waals surface area contributed by atoms with Crippen molar-refractivity contribution >= 4 is 43.1 Å². The quantitative estimate of drug-likeness (QED) is 0.165. The van der Waals surface area contributed by atoms with Crippen molar-refractivity contribution < 1.29 is 0 Å².